The number of aryl methyl sites for hydroxylation is 1. The fourth-order valence-electron chi connectivity index (χ4n) is 1.13. The van der Waals surface area contributed by atoms with Crippen LogP contribution in [0.15, 0.2) is 28.6 Å². The zero-order valence-electron chi connectivity index (χ0n) is 8.10. The Kier molecular flexibility index (Phi) is 2.95. The minimum atomic E-state index is 0.643. The number of nitrogens with zero attached hydrogens (tertiary/aromatic N) is 2. The summed E-state index contributed by atoms with van der Waals surface area (Å²) in [6.45, 7) is 2.06. The highest BCUT2D eigenvalue weighted by molar-refractivity contribution is 7.14. The zero-order valence-corrected chi connectivity index (χ0v) is 9.73. The van der Waals surface area contributed by atoms with Gasteiger partial charge in [0.15, 0.2) is 0 Å². The lowest BCUT2D eigenvalue weighted by Crippen LogP contribution is -1.71. The van der Waals surface area contributed by atoms with Crippen LogP contribution in [0, 0.1) is 18.3 Å². The predicted octanol–water partition coefficient (Wildman–Crippen LogP) is 3.74. The lowest BCUT2D eigenvalue weighted by atomic mass is 10.3. The van der Waals surface area contributed by atoms with Crippen LogP contribution in [0.2, 0.25) is 0 Å². The van der Waals surface area contributed by atoms with E-state index in [2.05, 4.69) is 24.1 Å². The Labute approximate surface area is 96.2 Å². The molecule has 0 amide bonds. The van der Waals surface area contributed by atoms with Crippen LogP contribution < -0.4 is 0 Å². The van der Waals surface area contributed by atoms with E-state index in [4.69, 9.17) is 5.26 Å². The Balaban J connectivity index is 2.22. The first-order chi connectivity index (χ1) is 7.29. The van der Waals surface area contributed by atoms with E-state index in [1.807, 2.05) is 17.7 Å². The molecule has 0 aliphatic heterocycles. The lowest BCUT2D eigenvalue weighted by Gasteiger charge is -1.86. The smallest absolute Gasteiger partial charge is 0.133 e. The van der Waals surface area contributed by atoms with Gasteiger partial charge in [0.25, 0.3) is 0 Å². The molecule has 0 N–H and O–H groups in total. The number of hydrogen-bond donors (Lipinski definition) is 0. The van der Waals surface area contributed by atoms with Crippen molar-refractivity contribution < 1.29 is 0 Å². The average Bonchev–Trinajstić information content (AvgIpc) is 2.83. The molecule has 2 aromatic heterocycles. The molecule has 74 valence electrons. The van der Waals surface area contributed by atoms with Gasteiger partial charge in [-0.1, -0.05) is 0 Å². The molecule has 0 spiro atoms. The fraction of sp³-hybridized carbons (Fsp3) is 0.0909. The molecule has 0 aliphatic carbocycles. The number of rotatable bonds is 2. The van der Waals surface area contributed by atoms with Gasteiger partial charge in [-0.05, 0) is 30.5 Å². The maximum Gasteiger partial charge on any atom is 0.133 e. The number of aliphatic imine (C=N–C) groups is 1. The summed E-state index contributed by atoms with van der Waals surface area (Å²) in [5.74, 6) is 0. The highest BCUT2D eigenvalue weighted by Gasteiger charge is 2.00. The molecule has 2 nitrogen and oxygen atoms in total. The molecule has 4 heteroatoms. The van der Waals surface area contributed by atoms with Crippen molar-refractivity contribution in [1.29, 1.82) is 5.26 Å². The SMILES string of the molecule is Cc1ccc(/C=N/c2sccc2C#N)s1. The van der Waals surface area contributed by atoms with Gasteiger partial charge in [0.05, 0.1) is 5.56 Å². The van der Waals surface area contributed by atoms with Crippen LogP contribution in [0.5, 0.6) is 0 Å². The summed E-state index contributed by atoms with van der Waals surface area (Å²) in [7, 11) is 0. The van der Waals surface area contributed by atoms with E-state index in [9.17, 15) is 0 Å². The first-order valence-electron chi connectivity index (χ1n) is 4.37. The number of thiophene rings is 2. The maximum atomic E-state index is 8.79. The summed E-state index contributed by atoms with van der Waals surface area (Å²) in [5, 5.41) is 11.5. The van der Waals surface area contributed by atoms with Crippen molar-refractivity contribution in [3.8, 4) is 6.07 Å². The second-order valence-corrected chi connectivity index (χ2v) is 5.17. The quantitative estimate of drug-likeness (QED) is 0.726. The van der Waals surface area contributed by atoms with Gasteiger partial charge in [0, 0.05) is 16.0 Å². The van der Waals surface area contributed by atoms with Crippen LogP contribution in [0.3, 0.4) is 0 Å². The second kappa shape index (κ2) is 4.39. The average molecular weight is 232 g/mol. The largest absolute Gasteiger partial charge is 0.243 e. The van der Waals surface area contributed by atoms with Crippen LogP contribution in [-0.2, 0) is 0 Å². The van der Waals surface area contributed by atoms with E-state index in [0.717, 1.165) is 9.88 Å². The Bertz CT molecular complexity index is 529. The van der Waals surface area contributed by atoms with Crippen LogP contribution in [-0.4, -0.2) is 6.21 Å². The van der Waals surface area contributed by atoms with E-state index < -0.39 is 0 Å². The molecule has 0 radical (unpaired) electrons. The third kappa shape index (κ3) is 2.32. The molecule has 0 saturated carbocycles. The van der Waals surface area contributed by atoms with Crippen molar-refractivity contribution in [3.63, 3.8) is 0 Å². The number of nitriles is 1. The third-order valence-corrected chi connectivity index (χ3v) is 3.59. The van der Waals surface area contributed by atoms with Gasteiger partial charge in [0.1, 0.15) is 11.1 Å². The molecule has 0 fully saturated rings. The van der Waals surface area contributed by atoms with Gasteiger partial charge in [-0.25, -0.2) is 4.99 Å². The van der Waals surface area contributed by atoms with E-state index >= 15 is 0 Å². The van der Waals surface area contributed by atoms with Gasteiger partial charge < -0.3 is 0 Å². The summed E-state index contributed by atoms with van der Waals surface area (Å²) >= 11 is 3.18. The minimum absolute atomic E-state index is 0.643. The predicted molar refractivity (Wildman–Crippen MR) is 65.3 cm³/mol. The highest BCUT2D eigenvalue weighted by atomic mass is 32.1. The van der Waals surface area contributed by atoms with Gasteiger partial charge in [-0.15, -0.1) is 22.7 Å². The van der Waals surface area contributed by atoms with Crippen LogP contribution >= 0.6 is 22.7 Å². The van der Waals surface area contributed by atoms with Crippen LogP contribution in [0.1, 0.15) is 15.3 Å². The molecule has 0 bridgehead atoms. The Morgan fingerprint density at radius 2 is 2.27 bits per heavy atom. The summed E-state index contributed by atoms with van der Waals surface area (Å²) in [4.78, 5) is 6.68. The first kappa shape index (κ1) is 10.1. The van der Waals surface area contributed by atoms with Crippen LogP contribution in [0.25, 0.3) is 0 Å². The molecule has 2 rings (SSSR count). The molecule has 0 saturated heterocycles. The van der Waals surface area contributed by atoms with Gasteiger partial charge >= 0.3 is 0 Å². The van der Waals surface area contributed by atoms with Crippen molar-refractivity contribution in [2.75, 3.05) is 0 Å². The Morgan fingerprint density at radius 3 is 2.93 bits per heavy atom. The molecular weight excluding hydrogens is 224 g/mol. The monoisotopic (exact) mass is 232 g/mol. The third-order valence-electron chi connectivity index (χ3n) is 1.84. The van der Waals surface area contributed by atoms with Crippen molar-refractivity contribution in [3.05, 3.63) is 38.9 Å². The van der Waals surface area contributed by atoms with E-state index in [-0.39, 0.29) is 0 Å². The molecule has 0 unspecified atom stereocenters. The topological polar surface area (TPSA) is 36.1 Å². The summed E-state index contributed by atoms with van der Waals surface area (Å²) in [6.07, 6.45) is 1.81. The maximum absolute atomic E-state index is 8.79. The van der Waals surface area contributed by atoms with Crippen LogP contribution in [0.4, 0.5) is 5.00 Å². The van der Waals surface area contributed by atoms with Crippen molar-refractivity contribution in [2.24, 2.45) is 4.99 Å². The summed E-state index contributed by atoms with van der Waals surface area (Å²) < 4.78 is 0. The van der Waals surface area contributed by atoms with Gasteiger partial charge in [0.2, 0.25) is 0 Å². The molecule has 2 aromatic rings. The van der Waals surface area contributed by atoms with Crippen molar-refractivity contribution in [1.82, 2.24) is 0 Å². The van der Waals surface area contributed by atoms with E-state index in [0.29, 0.717) is 5.56 Å². The van der Waals surface area contributed by atoms with Crippen molar-refractivity contribution >= 4 is 33.9 Å². The molecule has 15 heavy (non-hydrogen) atoms. The second-order valence-electron chi connectivity index (χ2n) is 2.96. The summed E-state index contributed by atoms with van der Waals surface area (Å²) in [5.41, 5.74) is 0.643. The van der Waals surface area contributed by atoms with Gasteiger partial charge in [-0.2, -0.15) is 5.26 Å². The first-order valence-corrected chi connectivity index (χ1v) is 6.07. The molecule has 2 heterocycles. The van der Waals surface area contributed by atoms with Gasteiger partial charge in [-0.3, -0.25) is 0 Å². The molecule has 0 atom stereocenters. The molecule has 0 aliphatic rings. The fourth-order valence-corrected chi connectivity index (χ4v) is 2.57. The Hall–Kier alpha value is -1.44. The molecular formula is C11H8N2S2. The molecule has 0 aromatic carbocycles. The minimum Gasteiger partial charge on any atom is -0.243 e. The standard InChI is InChI=1S/C11H8N2S2/c1-8-2-3-10(15-8)7-13-11-9(6-12)4-5-14-11/h2-5,7H,1H3/b13-7+. The Morgan fingerprint density at radius 1 is 1.40 bits per heavy atom. The number of hydrogen-bond acceptors (Lipinski definition) is 4. The zero-order chi connectivity index (χ0) is 10.7. The summed E-state index contributed by atoms with van der Waals surface area (Å²) in [6, 6.07) is 8.00. The highest BCUT2D eigenvalue weighted by Crippen LogP contribution is 2.25. The van der Waals surface area contributed by atoms with E-state index in [1.165, 1.54) is 16.2 Å². The van der Waals surface area contributed by atoms with E-state index in [1.54, 1.807) is 17.4 Å². The normalized spacial score (nSPS) is 10.7. The van der Waals surface area contributed by atoms with Crippen molar-refractivity contribution in [2.45, 2.75) is 6.92 Å². The lowest BCUT2D eigenvalue weighted by molar-refractivity contribution is 1.49.